The molecule has 1 unspecified atom stereocenters. The number of hydrogen-bond acceptors (Lipinski definition) is 4. The van der Waals surface area contributed by atoms with Gasteiger partial charge in [-0.05, 0) is 45.1 Å². The van der Waals surface area contributed by atoms with Crippen LogP contribution in [0, 0.1) is 19.8 Å². The zero-order valence-corrected chi connectivity index (χ0v) is 15.8. The van der Waals surface area contributed by atoms with E-state index in [1.54, 1.807) is 10.9 Å². The Kier molecular flexibility index (Phi) is 4.50. The average Bonchev–Trinajstić information content (AvgIpc) is 3.31. The second kappa shape index (κ2) is 6.83. The van der Waals surface area contributed by atoms with Gasteiger partial charge >= 0.3 is 5.97 Å². The van der Waals surface area contributed by atoms with E-state index < -0.39 is 11.5 Å². The van der Waals surface area contributed by atoms with Crippen LogP contribution < -0.4 is 5.32 Å². The fourth-order valence-electron chi connectivity index (χ4n) is 4.40. The molecule has 1 atom stereocenters. The Labute approximate surface area is 158 Å². The molecule has 2 heterocycles. The maximum absolute atomic E-state index is 13.0. The Bertz CT molecular complexity index is 881. The zero-order valence-electron chi connectivity index (χ0n) is 15.8. The second-order valence-electron chi connectivity index (χ2n) is 7.81. The minimum Gasteiger partial charge on any atom is -0.458 e. The number of anilines is 1. The van der Waals surface area contributed by atoms with E-state index in [0.717, 1.165) is 36.8 Å². The fourth-order valence-corrected chi connectivity index (χ4v) is 4.40. The highest BCUT2D eigenvalue weighted by Crippen LogP contribution is 2.46. The van der Waals surface area contributed by atoms with Crippen molar-refractivity contribution in [2.24, 2.45) is 5.92 Å². The first-order valence-electron chi connectivity index (χ1n) is 9.57. The number of ether oxygens (including phenoxy) is 1. The Morgan fingerprint density at radius 3 is 2.85 bits per heavy atom. The van der Waals surface area contributed by atoms with E-state index in [4.69, 9.17) is 4.74 Å². The lowest BCUT2D eigenvalue weighted by molar-refractivity contribution is -0.149. The Hall–Kier alpha value is -2.63. The predicted molar refractivity (Wildman–Crippen MR) is 101 cm³/mol. The van der Waals surface area contributed by atoms with E-state index in [1.807, 2.05) is 19.1 Å². The lowest BCUT2D eigenvalue weighted by atomic mass is 9.85. The summed E-state index contributed by atoms with van der Waals surface area (Å²) >= 11 is 0. The van der Waals surface area contributed by atoms with Crippen LogP contribution in [-0.2, 0) is 20.9 Å². The summed E-state index contributed by atoms with van der Waals surface area (Å²) < 4.78 is 7.42. The number of aromatic nitrogens is 2. The van der Waals surface area contributed by atoms with Crippen molar-refractivity contribution >= 4 is 17.7 Å². The predicted octanol–water partition coefficient (Wildman–Crippen LogP) is 3.36. The van der Waals surface area contributed by atoms with Gasteiger partial charge < -0.3 is 10.1 Å². The lowest BCUT2D eigenvalue weighted by Gasteiger charge is -2.28. The highest BCUT2D eigenvalue weighted by Gasteiger charge is 2.54. The molecule has 0 bridgehead atoms. The van der Waals surface area contributed by atoms with Crippen molar-refractivity contribution in [3.8, 4) is 0 Å². The summed E-state index contributed by atoms with van der Waals surface area (Å²) in [5.74, 6) is -0.137. The first-order chi connectivity index (χ1) is 13.0. The molecule has 27 heavy (non-hydrogen) atoms. The minimum absolute atomic E-state index is 0.142. The van der Waals surface area contributed by atoms with Crippen LogP contribution in [0.4, 0.5) is 5.82 Å². The summed E-state index contributed by atoms with van der Waals surface area (Å²) in [6.45, 7) is 4.56. The van der Waals surface area contributed by atoms with E-state index >= 15 is 0 Å². The van der Waals surface area contributed by atoms with Crippen molar-refractivity contribution in [1.29, 1.82) is 0 Å². The van der Waals surface area contributed by atoms with Crippen LogP contribution in [0.2, 0.25) is 0 Å². The molecule has 2 aromatic rings. The quantitative estimate of drug-likeness (QED) is 0.841. The summed E-state index contributed by atoms with van der Waals surface area (Å²) in [6.07, 6.45) is 5.48. The van der Waals surface area contributed by atoms with Crippen molar-refractivity contribution in [3.05, 3.63) is 47.2 Å². The molecule has 1 spiro atoms. The van der Waals surface area contributed by atoms with Crippen LogP contribution in [0.25, 0.3) is 0 Å². The number of nitrogens with one attached hydrogen (secondary N) is 1. The van der Waals surface area contributed by atoms with E-state index in [0.29, 0.717) is 12.4 Å². The largest absolute Gasteiger partial charge is 0.458 e. The van der Waals surface area contributed by atoms with Crippen molar-refractivity contribution in [1.82, 2.24) is 9.78 Å². The standard InChI is InChI=1S/C21H25N3O3/c1-14-6-5-7-16(10-14)13-24-19(15(2)12-22-24)23-20(26)17-11-18(25)27-21(17)8-3-4-9-21/h5-7,10,12,17H,3-4,8-9,11,13H2,1-2H3,(H,23,26). The van der Waals surface area contributed by atoms with Crippen LogP contribution >= 0.6 is 0 Å². The number of amides is 1. The molecule has 1 amide bonds. The molecule has 0 radical (unpaired) electrons. The van der Waals surface area contributed by atoms with Crippen molar-refractivity contribution in [2.75, 3.05) is 5.32 Å². The molecule has 4 rings (SSSR count). The first-order valence-corrected chi connectivity index (χ1v) is 9.57. The number of benzene rings is 1. The molecule has 2 fully saturated rings. The monoisotopic (exact) mass is 367 g/mol. The van der Waals surface area contributed by atoms with Gasteiger partial charge in [0.25, 0.3) is 0 Å². The smallest absolute Gasteiger partial charge is 0.307 e. The third-order valence-corrected chi connectivity index (χ3v) is 5.77. The molecule has 142 valence electrons. The van der Waals surface area contributed by atoms with Gasteiger partial charge in [0.15, 0.2) is 0 Å². The molecule has 1 aromatic heterocycles. The maximum atomic E-state index is 13.0. The Morgan fingerprint density at radius 1 is 1.33 bits per heavy atom. The van der Waals surface area contributed by atoms with Crippen LogP contribution in [0.3, 0.4) is 0 Å². The Balaban J connectivity index is 1.55. The molecule has 1 N–H and O–H groups in total. The number of carbonyl (C=O) groups is 2. The van der Waals surface area contributed by atoms with Crippen molar-refractivity contribution < 1.29 is 14.3 Å². The van der Waals surface area contributed by atoms with Crippen LogP contribution in [0.1, 0.15) is 48.8 Å². The molecule has 6 nitrogen and oxygen atoms in total. The fraction of sp³-hybridized carbons (Fsp3) is 0.476. The maximum Gasteiger partial charge on any atom is 0.307 e. The minimum atomic E-state index is -0.601. The SMILES string of the molecule is Cc1cccc(Cn2ncc(C)c2NC(=O)C2CC(=O)OC23CCCC3)c1. The first kappa shape index (κ1) is 17.8. The molecule has 1 saturated heterocycles. The van der Waals surface area contributed by atoms with E-state index in [9.17, 15) is 9.59 Å². The van der Waals surface area contributed by atoms with E-state index in [-0.39, 0.29) is 18.3 Å². The van der Waals surface area contributed by atoms with E-state index in [2.05, 4.69) is 29.5 Å². The summed E-state index contributed by atoms with van der Waals surface area (Å²) in [4.78, 5) is 25.0. The zero-order chi connectivity index (χ0) is 19.0. The van der Waals surface area contributed by atoms with Gasteiger partial charge in [-0.3, -0.25) is 9.59 Å². The molecule has 1 saturated carbocycles. The van der Waals surface area contributed by atoms with Gasteiger partial charge in [-0.25, -0.2) is 4.68 Å². The van der Waals surface area contributed by atoms with Gasteiger partial charge in [0.1, 0.15) is 11.4 Å². The summed E-state index contributed by atoms with van der Waals surface area (Å²) in [5, 5.41) is 7.46. The third-order valence-electron chi connectivity index (χ3n) is 5.77. The van der Waals surface area contributed by atoms with Crippen LogP contribution in [0.5, 0.6) is 0 Å². The second-order valence-corrected chi connectivity index (χ2v) is 7.81. The van der Waals surface area contributed by atoms with Gasteiger partial charge in [-0.15, -0.1) is 0 Å². The topological polar surface area (TPSA) is 73.2 Å². The summed E-state index contributed by atoms with van der Waals surface area (Å²) in [7, 11) is 0. The number of aryl methyl sites for hydroxylation is 2. The number of nitrogens with zero attached hydrogens (tertiary/aromatic N) is 2. The molecular weight excluding hydrogens is 342 g/mol. The Morgan fingerprint density at radius 2 is 2.11 bits per heavy atom. The van der Waals surface area contributed by atoms with Crippen LogP contribution in [0.15, 0.2) is 30.5 Å². The van der Waals surface area contributed by atoms with Crippen LogP contribution in [-0.4, -0.2) is 27.3 Å². The van der Waals surface area contributed by atoms with Crippen molar-refractivity contribution in [3.63, 3.8) is 0 Å². The van der Waals surface area contributed by atoms with Crippen molar-refractivity contribution in [2.45, 2.75) is 58.1 Å². The summed E-state index contributed by atoms with van der Waals surface area (Å²) in [5.41, 5.74) is 2.62. The number of hydrogen-bond donors (Lipinski definition) is 1. The molecule has 2 aliphatic rings. The third kappa shape index (κ3) is 3.36. The molecule has 6 heteroatoms. The number of esters is 1. The normalized spacial score (nSPS) is 20.8. The molecule has 1 aromatic carbocycles. The van der Waals surface area contributed by atoms with E-state index in [1.165, 1.54) is 5.56 Å². The van der Waals surface area contributed by atoms with Gasteiger partial charge in [0.2, 0.25) is 5.91 Å². The van der Waals surface area contributed by atoms with Gasteiger partial charge in [0.05, 0.1) is 25.1 Å². The number of carbonyl (C=O) groups excluding carboxylic acids is 2. The van der Waals surface area contributed by atoms with Gasteiger partial charge in [-0.2, -0.15) is 5.10 Å². The summed E-state index contributed by atoms with van der Waals surface area (Å²) in [6, 6.07) is 8.23. The average molecular weight is 367 g/mol. The van der Waals surface area contributed by atoms with Gasteiger partial charge in [0, 0.05) is 5.56 Å². The lowest BCUT2D eigenvalue weighted by Crippen LogP contribution is -2.40. The molecule has 1 aliphatic carbocycles. The number of rotatable bonds is 4. The highest BCUT2D eigenvalue weighted by molar-refractivity contribution is 5.97. The molecular formula is C21H25N3O3. The molecule has 1 aliphatic heterocycles. The van der Waals surface area contributed by atoms with Gasteiger partial charge in [-0.1, -0.05) is 29.8 Å². The highest BCUT2D eigenvalue weighted by atomic mass is 16.6.